The van der Waals surface area contributed by atoms with Crippen LogP contribution < -0.4 is 14.8 Å². The van der Waals surface area contributed by atoms with E-state index >= 15 is 0 Å². The Morgan fingerprint density at radius 2 is 1.61 bits per heavy atom. The molecule has 1 aliphatic rings. The van der Waals surface area contributed by atoms with Crippen molar-refractivity contribution in [3.8, 4) is 11.5 Å². The highest BCUT2D eigenvalue weighted by atomic mass is 16.5. The van der Waals surface area contributed by atoms with Crippen molar-refractivity contribution in [1.82, 2.24) is 9.80 Å². The number of nitrogens with one attached hydrogen (secondary N) is 1. The van der Waals surface area contributed by atoms with Gasteiger partial charge in [0.15, 0.2) is 6.61 Å². The topological polar surface area (TPSA) is 71.1 Å². The number of likely N-dealkylation sites (N-methyl/N-ethyl adjacent to an activating group) is 1. The fourth-order valence-corrected chi connectivity index (χ4v) is 2.97. The van der Waals surface area contributed by atoms with E-state index in [0.717, 1.165) is 13.1 Å². The number of amides is 2. The summed E-state index contributed by atoms with van der Waals surface area (Å²) < 4.78 is 10.6. The monoisotopic (exact) mass is 383 g/mol. The van der Waals surface area contributed by atoms with Crippen LogP contribution in [0.3, 0.4) is 0 Å². The summed E-state index contributed by atoms with van der Waals surface area (Å²) >= 11 is 0. The molecule has 148 valence electrons. The predicted molar refractivity (Wildman–Crippen MR) is 107 cm³/mol. The number of piperazine rings is 1. The molecule has 0 radical (unpaired) electrons. The van der Waals surface area contributed by atoms with Gasteiger partial charge in [-0.25, -0.2) is 0 Å². The number of methoxy groups -OCH3 is 1. The van der Waals surface area contributed by atoms with E-state index in [1.165, 1.54) is 0 Å². The summed E-state index contributed by atoms with van der Waals surface area (Å²) in [6, 6.07) is 14.0. The molecule has 1 aliphatic heterocycles. The molecule has 0 aromatic heterocycles. The molecular formula is C21H25N3O4. The van der Waals surface area contributed by atoms with Gasteiger partial charge in [-0.05, 0) is 43.4 Å². The van der Waals surface area contributed by atoms with Crippen LogP contribution in [0.4, 0.5) is 5.69 Å². The number of rotatable bonds is 6. The van der Waals surface area contributed by atoms with Crippen LogP contribution in [-0.4, -0.2) is 68.6 Å². The summed E-state index contributed by atoms with van der Waals surface area (Å²) in [5.41, 5.74) is 0.986. The molecule has 0 atom stereocenters. The third-order valence-corrected chi connectivity index (χ3v) is 4.65. The van der Waals surface area contributed by atoms with Crippen LogP contribution in [0.1, 0.15) is 10.4 Å². The molecule has 3 rings (SSSR count). The van der Waals surface area contributed by atoms with E-state index in [2.05, 4.69) is 10.2 Å². The lowest BCUT2D eigenvalue weighted by Crippen LogP contribution is -2.47. The number of carbonyl (C=O) groups excluding carboxylic acids is 2. The number of hydrogen-bond acceptors (Lipinski definition) is 5. The highest BCUT2D eigenvalue weighted by Crippen LogP contribution is 2.19. The van der Waals surface area contributed by atoms with Crippen molar-refractivity contribution in [2.75, 3.05) is 52.3 Å². The minimum atomic E-state index is -0.325. The summed E-state index contributed by atoms with van der Waals surface area (Å²) in [5, 5.41) is 2.79. The quantitative estimate of drug-likeness (QED) is 0.827. The van der Waals surface area contributed by atoms with Crippen LogP contribution in [0.15, 0.2) is 48.5 Å². The van der Waals surface area contributed by atoms with E-state index < -0.39 is 0 Å². The van der Waals surface area contributed by atoms with Gasteiger partial charge < -0.3 is 24.6 Å². The van der Waals surface area contributed by atoms with Crippen LogP contribution in [-0.2, 0) is 4.79 Å². The standard InChI is InChI=1S/C21H25N3O4/c1-23-11-13-24(14-12-23)21(26)18-5-3-4-6-19(18)22-20(25)15-28-17-9-7-16(27-2)8-10-17/h3-10H,11-15H2,1-2H3,(H,22,25). The van der Waals surface area contributed by atoms with Gasteiger partial charge in [0.1, 0.15) is 11.5 Å². The third-order valence-electron chi connectivity index (χ3n) is 4.65. The zero-order chi connectivity index (χ0) is 19.9. The Morgan fingerprint density at radius 1 is 0.964 bits per heavy atom. The van der Waals surface area contributed by atoms with Crippen molar-refractivity contribution >= 4 is 17.5 Å². The first-order valence-electron chi connectivity index (χ1n) is 9.20. The van der Waals surface area contributed by atoms with Crippen molar-refractivity contribution < 1.29 is 19.1 Å². The Morgan fingerprint density at radius 3 is 2.29 bits per heavy atom. The molecule has 1 fully saturated rings. The van der Waals surface area contributed by atoms with E-state index in [1.54, 1.807) is 55.6 Å². The summed E-state index contributed by atoms with van der Waals surface area (Å²) in [5.74, 6) is 0.889. The largest absolute Gasteiger partial charge is 0.497 e. The Bertz CT molecular complexity index is 815. The Labute approximate surface area is 164 Å². The van der Waals surface area contributed by atoms with Crippen LogP contribution in [0.5, 0.6) is 11.5 Å². The van der Waals surface area contributed by atoms with E-state index in [0.29, 0.717) is 35.8 Å². The third kappa shape index (κ3) is 5.01. The molecule has 0 spiro atoms. The normalized spacial score (nSPS) is 14.4. The molecule has 0 saturated carbocycles. The predicted octanol–water partition coefficient (Wildman–Crippen LogP) is 2.10. The van der Waals surface area contributed by atoms with Gasteiger partial charge >= 0.3 is 0 Å². The Kier molecular flexibility index (Phi) is 6.49. The van der Waals surface area contributed by atoms with E-state index in [1.807, 2.05) is 11.9 Å². The van der Waals surface area contributed by atoms with Crippen LogP contribution in [0, 0.1) is 0 Å². The molecule has 2 aromatic carbocycles. The van der Waals surface area contributed by atoms with Crippen molar-refractivity contribution in [1.29, 1.82) is 0 Å². The smallest absolute Gasteiger partial charge is 0.262 e. The molecule has 2 amide bonds. The highest BCUT2D eigenvalue weighted by Gasteiger charge is 2.22. The SMILES string of the molecule is COc1ccc(OCC(=O)Nc2ccccc2C(=O)N2CCN(C)CC2)cc1. The summed E-state index contributed by atoms with van der Waals surface area (Å²) in [6.07, 6.45) is 0. The average molecular weight is 383 g/mol. The Hall–Kier alpha value is -3.06. The molecular weight excluding hydrogens is 358 g/mol. The zero-order valence-corrected chi connectivity index (χ0v) is 16.2. The average Bonchev–Trinajstić information content (AvgIpc) is 2.73. The van der Waals surface area contributed by atoms with Gasteiger partial charge in [0.2, 0.25) is 0 Å². The fourth-order valence-electron chi connectivity index (χ4n) is 2.97. The number of ether oxygens (including phenoxy) is 2. The molecule has 0 bridgehead atoms. The number of para-hydroxylation sites is 1. The molecule has 7 nitrogen and oxygen atoms in total. The van der Waals surface area contributed by atoms with E-state index in [-0.39, 0.29) is 18.4 Å². The Balaban J connectivity index is 1.60. The lowest BCUT2D eigenvalue weighted by Gasteiger charge is -2.32. The second kappa shape index (κ2) is 9.23. The van der Waals surface area contributed by atoms with Gasteiger partial charge in [-0.15, -0.1) is 0 Å². The lowest BCUT2D eigenvalue weighted by molar-refractivity contribution is -0.118. The first-order valence-corrected chi connectivity index (χ1v) is 9.20. The number of hydrogen-bond donors (Lipinski definition) is 1. The minimum absolute atomic E-state index is 0.0694. The number of carbonyl (C=O) groups is 2. The maximum atomic E-state index is 12.9. The summed E-state index contributed by atoms with van der Waals surface area (Å²) in [6.45, 7) is 2.89. The molecule has 28 heavy (non-hydrogen) atoms. The zero-order valence-electron chi connectivity index (χ0n) is 16.2. The van der Waals surface area contributed by atoms with Gasteiger partial charge in [0.25, 0.3) is 11.8 Å². The second-order valence-corrected chi connectivity index (χ2v) is 6.65. The van der Waals surface area contributed by atoms with Crippen LogP contribution in [0.2, 0.25) is 0 Å². The van der Waals surface area contributed by atoms with Crippen molar-refractivity contribution in [3.63, 3.8) is 0 Å². The van der Waals surface area contributed by atoms with Crippen molar-refractivity contribution in [2.45, 2.75) is 0 Å². The number of anilines is 1. The van der Waals surface area contributed by atoms with Gasteiger partial charge in [-0.2, -0.15) is 0 Å². The lowest BCUT2D eigenvalue weighted by atomic mass is 10.1. The fraction of sp³-hybridized carbons (Fsp3) is 0.333. The van der Waals surface area contributed by atoms with E-state index in [9.17, 15) is 9.59 Å². The molecule has 0 aliphatic carbocycles. The summed E-state index contributed by atoms with van der Waals surface area (Å²) in [4.78, 5) is 29.2. The first kappa shape index (κ1) is 19.7. The maximum Gasteiger partial charge on any atom is 0.262 e. The molecule has 0 unspecified atom stereocenters. The molecule has 1 saturated heterocycles. The molecule has 7 heteroatoms. The second-order valence-electron chi connectivity index (χ2n) is 6.65. The van der Waals surface area contributed by atoms with Gasteiger partial charge in [-0.3, -0.25) is 9.59 Å². The van der Waals surface area contributed by atoms with Gasteiger partial charge in [0.05, 0.1) is 18.4 Å². The van der Waals surface area contributed by atoms with Gasteiger partial charge in [0, 0.05) is 26.2 Å². The van der Waals surface area contributed by atoms with Crippen LogP contribution in [0.25, 0.3) is 0 Å². The maximum absolute atomic E-state index is 12.9. The highest BCUT2D eigenvalue weighted by molar-refractivity contribution is 6.04. The molecule has 1 N–H and O–H groups in total. The summed E-state index contributed by atoms with van der Waals surface area (Å²) in [7, 11) is 3.63. The first-order chi connectivity index (χ1) is 13.6. The number of benzene rings is 2. The van der Waals surface area contributed by atoms with Crippen molar-refractivity contribution in [3.05, 3.63) is 54.1 Å². The molecule has 1 heterocycles. The minimum Gasteiger partial charge on any atom is -0.497 e. The molecule has 2 aromatic rings. The van der Waals surface area contributed by atoms with Crippen LogP contribution >= 0.6 is 0 Å². The van der Waals surface area contributed by atoms with E-state index in [4.69, 9.17) is 9.47 Å². The van der Waals surface area contributed by atoms with Crippen molar-refractivity contribution in [2.24, 2.45) is 0 Å². The van der Waals surface area contributed by atoms with Gasteiger partial charge in [-0.1, -0.05) is 12.1 Å². The number of nitrogens with zero attached hydrogens (tertiary/aromatic N) is 2.